The number of aromatic hydroxyl groups is 1. The molecule has 0 spiro atoms. The fourth-order valence-corrected chi connectivity index (χ4v) is 2.43. The summed E-state index contributed by atoms with van der Waals surface area (Å²) in [6.07, 6.45) is 8.68. The molecule has 0 atom stereocenters. The lowest BCUT2D eigenvalue weighted by Crippen LogP contribution is -1.99. The number of pyridine rings is 1. The number of phenols is 1. The molecule has 6 nitrogen and oxygen atoms in total. The first kappa shape index (κ1) is 18.7. The van der Waals surface area contributed by atoms with Crippen LogP contribution in [0.5, 0.6) is 5.75 Å². The van der Waals surface area contributed by atoms with Crippen LogP contribution in [0.4, 0.5) is 5.82 Å². The van der Waals surface area contributed by atoms with Crippen molar-refractivity contribution in [2.45, 2.75) is 6.92 Å². The van der Waals surface area contributed by atoms with E-state index in [0.717, 1.165) is 5.56 Å². The van der Waals surface area contributed by atoms with Crippen LogP contribution in [-0.2, 0) is 0 Å². The lowest BCUT2D eigenvalue weighted by Gasteiger charge is -1.98. The highest BCUT2D eigenvalue weighted by atomic mass is 16.3. The van der Waals surface area contributed by atoms with Gasteiger partial charge in [0, 0.05) is 35.9 Å². The van der Waals surface area contributed by atoms with Crippen LogP contribution in [0.15, 0.2) is 73.8 Å². The second-order valence-electron chi connectivity index (χ2n) is 5.78. The highest BCUT2D eigenvalue weighted by Gasteiger charge is 2.10. The van der Waals surface area contributed by atoms with Gasteiger partial charge in [-0.3, -0.25) is 9.38 Å². The molecule has 4 rings (SSSR count). The minimum Gasteiger partial charge on any atom is -0.507 e. The fraction of sp³-hybridized carbons (Fsp3) is 0.0455. The number of nitrogens with two attached hydrogens (primary N) is 1. The van der Waals surface area contributed by atoms with Crippen molar-refractivity contribution in [1.29, 1.82) is 0 Å². The molecule has 0 amide bonds. The number of hydrogen-bond acceptors (Lipinski definition) is 5. The highest BCUT2D eigenvalue weighted by molar-refractivity contribution is 5.68. The summed E-state index contributed by atoms with van der Waals surface area (Å²) < 4.78 is 1.74. The molecule has 3 aromatic heterocycles. The molecule has 0 aliphatic carbocycles. The van der Waals surface area contributed by atoms with Crippen LogP contribution in [0.2, 0.25) is 0 Å². The van der Waals surface area contributed by atoms with Crippen molar-refractivity contribution in [3.63, 3.8) is 0 Å². The third-order valence-corrected chi connectivity index (χ3v) is 3.68. The van der Waals surface area contributed by atoms with E-state index in [1.807, 2.05) is 25.1 Å². The SMILES string of the molecule is C=CC.Nc1nc2nc(-c3ccccc3O)cn2cc1C#Cc1ccncc1. The molecule has 6 heteroatoms. The smallest absolute Gasteiger partial charge is 0.236 e. The van der Waals surface area contributed by atoms with E-state index in [4.69, 9.17) is 5.73 Å². The number of aromatic nitrogens is 4. The van der Waals surface area contributed by atoms with Crippen LogP contribution >= 0.6 is 0 Å². The van der Waals surface area contributed by atoms with Gasteiger partial charge in [-0.05, 0) is 31.2 Å². The monoisotopic (exact) mass is 369 g/mol. The normalized spacial score (nSPS) is 9.75. The minimum absolute atomic E-state index is 0.164. The molecule has 0 saturated carbocycles. The van der Waals surface area contributed by atoms with Crippen molar-refractivity contribution in [1.82, 2.24) is 19.4 Å². The topological polar surface area (TPSA) is 89.3 Å². The first-order chi connectivity index (χ1) is 13.6. The number of allylic oxidation sites excluding steroid dienone is 1. The third kappa shape index (κ3) is 4.17. The highest BCUT2D eigenvalue weighted by Crippen LogP contribution is 2.28. The van der Waals surface area contributed by atoms with E-state index >= 15 is 0 Å². The van der Waals surface area contributed by atoms with E-state index in [1.165, 1.54) is 0 Å². The summed E-state index contributed by atoms with van der Waals surface area (Å²) >= 11 is 0. The second-order valence-corrected chi connectivity index (χ2v) is 5.78. The number of phenolic OH excluding ortho intramolecular Hbond substituents is 1. The van der Waals surface area contributed by atoms with E-state index < -0.39 is 0 Å². The van der Waals surface area contributed by atoms with Crippen LogP contribution in [0.3, 0.4) is 0 Å². The maximum absolute atomic E-state index is 9.99. The molecular formula is C22H19N5O. The van der Waals surface area contributed by atoms with Crippen LogP contribution in [-0.4, -0.2) is 24.5 Å². The van der Waals surface area contributed by atoms with E-state index in [-0.39, 0.29) is 5.75 Å². The van der Waals surface area contributed by atoms with Crippen LogP contribution in [0.1, 0.15) is 18.1 Å². The lowest BCUT2D eigenvalue weighted by molar-refractivity contribution is 0.477. The maximum Gasteiger partial charge on any atom is 0.236 e. The first-order valence-electron chi connectivity index (χ1n) is 8.55. The van der Waals surface area contributed by atoms with Crippen molar-refractivity contribution in [3.8, 4) is 28.8 Å². The Bertz CT molecular complexity index is 1170. The number of anilines is 1. The van der Waals surface area contributed by atoms with Crippen molar-refractivity contribution in [3.05, 3.63) is 85.0 Å². The molecule has 0 radical (unpaired) electrons. The molecule has 3 N–H and O–H groups in total. The van der Waals surface area contributed by atoms with Gasteiger partial charge in [0.15, 0.2) is 0 Å². The zero-order chi connectivity index (χ0) is 19.9. The Morgan fingerprint density at radius 1 is 1.07 bits per heavy atom. The van der Waals surface area contributed by atoms with Gasteiger partial charge in [0.05, 0.1) is 11.3 Å². The molecule has 0 aliphatic rings. The fourth-order valence-electron chi connectivity index (χ4n) is 2.43. The number of para-hydroxylation sites is 1. The Morgan fingerprint density at radius 2 is 1.79 bits per heavy atom. The molecular weight excluding hydrogens is 350 g/mol. The van der Waals surface area contributed by atoms with Crippen LogP contribution in [0.25, 0.3) is 17.0 Å². The number of imidazole rings is 1. The molecule has 0 saturated heterocycles. The van der Waals surface area contributed by atoms with Crippen molar-refractivity contribution >= 4 is 11.6 Å². The standard InChI is InChI=1S/C19H13N5O.C3H6/c20-18-14(6-5-13-7-9-21-10-8-13)11-24-12-16(22-19(24)23-18)15-3-1-2-4-17(15)25;1-3-2/h1-4,7-12,25H,(H2,20,22,23);3H,1H2,2H3. The van der Waals surface area contributed by atoms with E-state index in [1.54, 1.807) is 53.5 Å². The molecule has 0 aliphatic heterocycles. The summed E-state index contributed by atoms with van der Waals surface area (Å²) in [6.45, 7) is 5.25. The molecule has 4 aromatic rings. The Balaban J connectivity index is 0.000000706. The van der Waals surface area contributed by atoms with Crippen molar-refractivity contribution < 1.29 is 5.11 Å². The third-order valence-electron chi connectivity index (χ3n) is 3.68. The molecule has 3 heterocycles. The summed E-state index contributed by atoms with van der Waals surface area (Å²) in [7, 11) is 0. The van der Waals surface area contributed by atoms with Gasteiger partial charge in [0.2, 0.25) is 5.78 Å². The zero-order valence-electron chi connectivity index (χ0n) is 15.4. The maximum atomic E-state index is 9.99. The van der Waals surface area contributed by atoms with Gasteiger partial charge in [0.1, 0.15) is 11.6 Å². The van der Waals surface area contributed by atoms with Gasteiger partial charge in [-0.15, -0.1) is 6.58 Å². The van der Waals surface area contributed by atoms with Crippen LogP contribution < -0.4 is 5.73 Å². The number of fused-ring (bicyclic) bond motifs is 1. The molecule has 0 fully saturated rings. The molecule has 0 bridgehead atoms. The number of nitrogen functional groups attached to an aromatic ring is 1. The van der Waals surface area contributed by atoms with Crippen molar-refractivity contribution in [2.24, 2.45) is 0 Å². The van der Waals surface area contributed by atoms with Crippen LogP contribution in [0, 0.1) is 11.8 Å². The summed E-state index contributed by atoms with van der Waals surface area (Å²) in [5, 5.41) is 9.99. The van der Waals surface area contributed by atoms with Gasteiger partial charge >= 0.3 is 0 Å². The summed E-state index contributed by atoms with van der Waals surface area (Å²) in [4.78, 5) is 12.7. The minimum atomic E-state index is 0.164. The number of nitrogens with zero attached hydrogens (tertiary/aromatic N) is 4. The molecule has 1 aromatic carbocycles. The predicted octanol–water partition coefficient (Wildman–Crippen LogP) is 3.67. The molecule has 0 unspecified atom stereocenters. The van der Waals surface area contributed by atoms with E-state index in [0.29, 0.717) is 28.4 Å². The van der Waals surface area contributed by atoms with Gasteiger partial charge in [0.25, 0.3) is 0 Å². The number of hydrogen-bond donors (Lipinski definition) is 2. The molecule has 28 heavy (non-hydrogen) atoms. The van der Waals surface area contributed by atoms with Gasteiger partial charge < -0.3 is 10.8 Å². The van der Waals surface area contributed by atoms with Gasteiger partial charge in [-0.25, -0.2) is 4.98 Å². The van der Waals surface area contributed by atoms with E-state index in [2.05, 4.69) is 33.4 Å². The summed E-state index contributed by atoms with van der Waals surface area (Å²) in [5.41, 5.74) is 8.70. The van der Waals surface area contributed by atoms with Gasteiger partial charge in [-0.2, -0.15) is 4.98 Å². The number of rotatable bonds is 1. The van der Waals surface area contributed by atoms with E-state index in [9.17, 15) is 5.11 Å². The average Bonchev–Trinajstić information content (AvgIpc) is 3.10. The number of benzene rings is 1. The van der Waals surface area contributed by atoms with Crippen molar-refractivity contribution in [2.75, 3.05) is 5.73 Å². The zero-order valence-corrected chi connectivity index (χ0v) is 15.4. The first-order valence-corrected chi connectivity index (χ1v) is 8.55. The summed E-state index contributed by atoms with van der Waals surface area (Å²) in [5.74, 6) is 6.97. The molecule has 138 valence electrons. The Kier molecular flexibility index (Phi) is 5.68. The largest absolute Gasteiger partial charge is 0.507 e. The Hall–Kier alpha value is -4.11. The second kappa shape index (κ2) is 8.52. The lowest BCUT2D eigenvalue weighted by atomic mass is 10.1. The Morgan fingerprint density at radius 3 is 2.50 bits per heavy atom. The Labute approximate surface area is 163 Å². The average molecular weight is 369 g/mol. The summed E-state index contributed by atoms with van der Waals surface area (Å²) in [6, 6.07) is 10.7. The quantitative estimate of drug-likeness (QED) is 0.395. The van der Waals surface area contributed by atoms with Gasteiger partial charge in [-0.1, -0.05) is 30.0 Å². The predicted molar refractivity (Wildman–Crippen MR) is 111 cm³/mol.